The largest absolute Gasteiger partial charge is 0.507 e. The number of H-pyrrole nitrogens is 1. The zero-order valence-corrected chi connectivity index (χ0v) is 13.4. The Hall–Kier alpha value is -2.56. The lowest BCUT2D eigenvalue weighted by Crippen LogP contribution is -2.07. The Bertz CT molecular complexity index is 970. The Balaban J connectivity index is 2.22. The molecule has 9 heteroatoms. The Morgan fingerprint density at radius 2 is 2.17 bits per heavy atom. The number of ketones is 1. The highest BCUT2D eigenvalue weighted by Gasteiger charge is 2.28. The number of fused-ring (bicyclic) bond motifs is 1. The summed E-state index contributed by atoms with van der Waals surface area (Å²) < 4.78 is 15.0. The van der Waals surface area contributed by atoms with Crippen LogP contribution in [0.3, 0.4) is 0 Å². The molecule has 0 aliphatic rings. The van der Waals surface area contributed by atoms with Gasteiger partial charge in [0.2, 0.25) is 11.6 Å². The van der Waals surface area contributed by atoms with Crippen LogP contribution in [-0.4, -0.2) is 25.8 Å². The Kier molecular flexibility index (Phi) is 3.72. The van der Waals surface area contributed by atoms with E-state index in [1.165, 1.54) is 6.20 Å². The molecule has 0 bridgehead atoms. The van der Waals surface area contributed by atoms with E-state index in [4.69, 9.17) is 0 Å². The molecule has 0 saturated heterocycles. The van der Waals surface area contributed by atoms with Crippen LogP contribution in [0.1, 0.15) is 15.9 Å². The Morgan fingerprint density at radius 3 is 2.87 bits per heavy atom. The van der Waals surface area contributed by atoms with Crippen molar-refractivity contribution in [2.45, 2.75) is 0 Å². The summed E-state index contributed by atoms with van der Waals surface area (Å²) in [6.07, 6.45) is 2.91. The highest BCUT2D eigenvalue weighted by molar-refractivity contribution is 14.1. The number of rotatable bonds is 3. The van der Waals surface area contributed by atoms with Crippen molar-refractivity contribution < 1.29 is 19.2 Å². The molecule has 2 N–H and O–H groups in total. The van der Waals surface area contributed by atoms with Crippen LogP contribution in [0.4, 0.5) is 10.1 Å². The summed E-state index contributed by atoms with van der Waals surface area (Å²) in [5.41, 5.74) is -1.13. The lowest BCUT2D eigenvalue weighted by molar-refractivity contribution is -0.387. The minimum absolute atomic E-state index is 0.0701. The summed E-state index contributed by atoms with van der Waals surface area (Å²) >= 11 is 2.01. The van der Waals surface area contributed by atoms with Crippen LogP contribution < -0.4 is 0 Å². The first-order chi connectivity index (χ1) is 10.9. The van der Waals surface area contributed by atoms with Gasteiger partial charge < -0.3 is 10.1 Å². The van der Waals surface area contributed by atoms with E-state index in [1.54, 1.807) is 12.3 Å². The summed E-state index contributed by atoms with van der Waals surface area (Å²) in [6.45, 7) is 0. The zero-order chi connectivity index (χ0) is 16.7. The van der Waals surface area contributed by atoms with Gasteiger partial charge in [0.15, 0.2) is 0 Å². The number of halogens is 2. The van der Waals surface area contributed by atoms with Gasteiger partial charge in [-0.3, -0.25) is 14.9 Å². The molecule has 23 heavy (non-hydrogen) atoms. The van der Waals surface area contributed by atoms with Gasteiger partial charge in [-0.05, 0) is 34.7 Å². The highest BCUT2D eigenvalue weighted by Crippen LogP contribution is 2.31. The third-order valence-electron chi connectivity index (χ3n) is 3.27. The van der Waals surface area contributed by atoms with Gasteiger partial charge in [0.25, 0.3) is 0 Å². The maximum Gasteiger partial charge on any atom is 0.305 e. The van der Waals surface area contributed by atoms with Crippen molar-refractivity contribution in [3.63, 3.8) is 0 Å². The molecule has 0 radical (unpaired) electrons. The molecular formula is C14H7FIN3O4. The first-order valence-electron chi connectivity index (χ1n) is 6.23. The van der Waals surface area contributed by atoms with E-state index in [2.05, 4.69) is 9.97 Å². The topological polar surface area (TPSA) is 109 Å². The molecule has 1 aromatic carbocycles. The van der Waals surface area contributed by atoms with Crippen LogP contribution >= 0.6 is 22.6 Å². The van der Waals surface area contributed by atoms with Crippen molar-refractivity contribution in [2.75, 3.05) is 0 Å². The maximum absolute atomic E-state index is 14.3. The van der Waals surface area contributed by atoms with Crippen LogP contribution in [0.2, 0.25) is 0 Å². The van der Waals surface area contributed by atoms with Gasteiger partial charge in [-0.25, -0.2) is 4.98 Å². The van der Waals surface area contributed by atoms with Crippen LogP contribution in [0.15, 0.2) is 30.6 Å². The number of carbonyl (C=O) groups is 1. The molecule has 0 fully saturated rings. The minimum atomic E-state index is -1.37. The number of nitrogens with one attached hydrogen (secondary N) is 1. The molecule has 0 atom stereocenters. The Morgan fingerprint density at radius 1 is 1.43 bits per heavy atom. The number of nitro benzene ring substituents is 1. The van der Waals surface area contributed by atoms with Gasteiger partial charge >= 0.3 is 5.69 Å². The summed E-state index contributed by atoms with van der Waals surface area (Å²) in [7, 11) is 0. The van der Waals surface area contributed by atoms with Gasteiger partial charge in [-0.2, -0.15) is 4.39 Å². The number of phenols is 1. The summed E-state index contributed by atoms with van der Waals surface area (Å²) in [4.78, 5) is 29.3. The lowest BCUT2D eigenvalue weighted by Gasteiger charge is -2.05. The standard InChI is InChI=1S/C14H7FIN3O4/c15-12-9(19(22)23)1-2-10(20)11(12)13(21)8-5-18-14-7(8)3-6(16)4-17-14/h1-5,20H,(H,17,18). The average molecular weight is 427 g/mol. The van der Waals surface area contributed by atoms with Crippen molar-refractivity contribution in [3.05, 3.63) is 61.2 Å². The average Bonchev–Trinajstić information content (AvgIpc) is 2.89. The van der Waals surface area contributed by atoms with E-state index in [1.807, 2.05) is 22.6 Å². The van der Waals surface area contributed by atoms with Crippen LogP contribution in [0.5, 0.6) is 5.75 Å². The number of phenolic OH excluding ortho intramolecular Hbond substituents is 1. The van der Waals surface area contributed by atoms with E-state index in [9.17, 15) is 24.4 Å². The number of nitro groups is 1. The molecule has 3 aromatic rings. The van der Waals surface area contributed by atoms with E-state index < -0.39 is 33.5 Å². The molecule has 2 aromatic heterocycles. The van der Waals surface area contributed by atoms with Gasteiger partial charge in [-0.1, -0.05) is 0 Å². The van der Waals surface area contributed by atoms with E-state index in [0.717, 1.165) is 15.7 Å². The quantitative estimate of drug-likeness (QED) is 0.289. The summed E-state index contributed by atoms with van der Waals surface area (Å²) in [5, 5.41) is 21.0. The van der Waals surface area contributed by atoms with Crippen molar-refractivity contribution in [1.29, 1.82) is 0 Å². The molecule has 3 rings (SSSR count). The number of benzene rings is 1. The highest BCUT2D eigenvalue weighted by atomic mass is 127. The predicted molar refractivity (Wildman–Crippen MR) is 87.0 cm³/mol. The fraction of sp³-hybridized carbons (Fsp3) is 0. The van der Waals surface area contributed by atoms with Crippen molar-refractivity contribution >= 4 is 45.1 Å². The first kappa shape index (κ1) is 15.3. The second kappa shape index (κ2) is 5.57. The summed E-state index contributed by atoms with van der Waals surface area (Å²) in [6, 6.07) is 3.39. The third-order valence-corrected chi connectivity index (χ3v) is 3.86. The third kappa shape index (κ3) is 2.52. The normalized spacial score (nSPS) is 10.9. The number of hydrogen-bond donors (Lipinski definition) is 2. The van der Waals surface area contributed by atoms with Gasteiger partial charge in [0.1, 0.15) is 17.0 Å². The molecular weight excluding hydrogens is 420 g/mol. The van der Waals surface area contributed by atoms with Gasteiger partial charge in [0, 0.05) is 33.0 Å². The fourth-order valence-corrected chi connectivity index (χ4v) is 2.66. The number of hydrogen-bond acceptors (Lipinski definition) is 5. The SMILES string of the molecule is O=C(c1c(O)ccc([N+](=O)[O-])c1F)c1c[nH]c2ncc(I)cc12. The van der Waals surface area contributed by atoms with Crippen molar-refractivity contribution in [3.8, 4) is 5.75 Å². The molecule has 116 valence electrons. The van der Waals surface area contributed by atoms with E-state index in [0.29, 0.717) is 11.0 Å². The summed E-state index contributed by atoms with van der Waals surface area (Å²) in [5.74, 6) is -2.89. The fourth-order valence-electron chi connectivity index (χ4n) is 2.21. The minimum Gasteiger partial charge on any atom is -0.507 e. The molecule has 0 aliphatic carbocycles. The van der Waals surface area contributed by atoms with Crippen molar-refractivity contribution in [2.24, 2.45) is 0 Å². The molecule has 0 amide bonds. The number of carbonyl (C=O) groups excluding carboxylic acids is 1. The van der Waals surface area contributed by atoms with Crippen molar-refractivity contribution in [1.82, 2.24) is 9.97 Å². The maximum atomic E-state index is 14.3. The van der Waals surface area contributed by atoms with Crippen LogP contribution in [0, 0.1) is 19.5 Å². The molecule has 7 nitrogen and oxygen atoms in total. The monoisotopic (exact) mass is 427 g/mol. The van der Waals surface area contributed by atoms with E-state index in [-0.39, 0.29) is 5.56 Å². The number of pyridine rings is 1. The molecule has 0 unspecified atom stereocenters. The zero-order valence-electron chi connectivity index (χ0n) is 11.2. The predicted octanol–water partition coefficient (Wildman–Crippen LogP) is 3.15. The number of aromatic nitrogens is 2. The second-order valence-electron chi connectivity index (χ2n) is 4.63. The van der Waals surface area contributed by atoms with Crippen LogP contribution in [-0.2, 0) is 0 Å². The molecule has 0 aliphatic heterocycles. The lowest BCUT2D eigenvalue weighted by atomic mass is 10.0. The van der Waals surface area contributed by atoms with Crippen LogP contribution in [0.25, 0.3) is 11.0 Å². The Labute approximate surface area is 141 Å². The number of nitrogens with zero attached hydrogens (tertiary/aromatic N) is 2. The smallest absolute Gasteiger partial charge is 0.305 e. The van der Waals surface area contributed by atoms with Gasteiger partial charge in [-0.15, -0.1) is 0 Å². The number of aromatic hydroxyl groups is 1. The molecule has 0 spiro atoms. The van der Waals surface area contributed by atoms with Gasteiger partial charge in [0.05, 0.1) is 4.92 Å². The number of aromatic amines is 1. The first-order valence-corrected chi connectivity index (χ1v) is 7.31. The van der Waals surface area contributed by atoms with E-state index >= 15 is 0 Å². The molecule has 2 heterocycles. The second-order valence-corrected chi connectivity index (χ2v) is 5.88. The molecule has 0 saturated carbocycles.